The summed E-state index contributed by atoms with van der Waals surface area (Å²) in [5.74, 6) is -0.291. The third-order valence-corrected chi connectivity index (χ3v) is 6.67. The van der Waals surface area contributed by atoms with E-state index in [2.05, 4.69) is 5.32 Å². The molecule has 2 aromatic rings. The molecule has 0 aromatic heterocycles. The van der Waals surface area contributed by atoms with Gasteiger partial charge in [-0.3, -0.25) is 14.9 Å². The predicted octanol–water partition coefficient (Wildman–Crippen LogP) is 3.42. The summed E-state index contributed by atoms with van der Waals surface area (Å²) in [6.07, 6.45) is 2.62. The normalized spacial score (nSPS) is 14.8. The first-order valence-corrected chi connectivity index (χ1v) is 11.1. The highest BCUT2D eigenvalue weighted by molar-refractivity contribution is 7.89. The third-order valence-electron chi connectivity index (χ3n) is 4.77. The van der Waals surface area contributed by atoms with Gasteiger partial charge in [0, 0.05) is 30.8 Å². The minimum atomic E-state index is -3.70. The van der Waals surface area contributed by atoms with Gasteiger partial charge in [-0.15, -0.1) is 0 Å². The highest BCUT2D eigenvalue weighted by Gasteiger charge is 2.27. The molecular formula is C20H23N3O6S. The molecule has 30 heavy (non-hydrogen) atoms. The van der Waals surface area contributed by atoms with Crippen LogP contribution in [0.2, 0.25) is 0 Å². The van der Waals surface area contributed by atoms with Gasteiger partial charge in [-0.1, -0.05) is 12.5 Å². The van der Waals surface area contributed by atoms with E-state index in [1.165, 1.54) is 40.7 Å². The van der Waals surface area contributed by atoms with E-state index < -0.39 is 20.9 Å². The Morgan fingerprint density at radius 1 is 1.17 bits per heavy atom. The molecule has 0 spiro atoms. The molecule has 0 atom stereocenters. The number of hydrogen-bond acceptors (Lipinski definition) is 6. The molecule has 10 heteroatoms. The van der Waals surface area contributed by atoms with Crippen molar-refractivity contribution >= 4 is 27.3 Å². The number of nitro benzene ring substituents is 1. The fourth-order valence-corrected chi connectivity index (χ4v) is 4.80. The van der Waals surface area contributed by atoms with Gasteiger partial charge in [0.25, 0.3) is 11.6 Å². The van der Waals surface area contributed by atoms with E-state index >= 15 is 0 Å². The highest BCUT2D eigenvalue weighted by Crippen LogP contribution is 2.31. The summed E-state index contributed by atoms with van der Waals surface area (Å²) in [5, 5.41) is 13.6. The van der Waals surface area contributed by atoms with Crippen LogP contribution in [0.3, 0.4) is 0 Å². The fraction of sp³-hybridized carbons (Fsp3) is 0.350. The summed E-state index contributed by atoms with van der Waals surface area (Å²) in [6, 6.07) is 9.62. The van der Waals surface area contributed by atoms with Gasteiger partial charge < -0.3 is 10.1 Å². The maximum atomic E-state index is 13.0. The van der Waals surface area contributed by atoms with Crippen LogP contribution in [0.1, 0.15) is 36.5 Å². The zero-order valence-electron chi connectivity index (χ0n) is 16.5. The van der Waals surface area contributed by atoms with Crippen LogP contribution >= 0.6 is 0 Å². The zero-order valence-corrected chi connectivity index (χ0v) is 17.4. The van der Waals surface area contributed by atoms with Gasteiger partial charge in [0.1, 0.15) is 5.75 Å². The number of rotatable bonds is 7. The molecule has 1 fully saturated rings. The smallest absolute Gasteiger partial charge is 0.270 e. The van der Waals surface area contributed by atoms with Crippen molar-refractivity contribution in [2.45, 2.75) is 31.1 Å². The second-order valence-electron chi connectivity index (χ2n) is 6.82. The predicted molar refractivity (Wildman–Crippen MR) is 111 cm³/mol. The molecule has 1 N–H and O–H groups in total. The largest absolute Gasteiger partial charge is 0.492 e. The van der Waals surface area contributed by atoms with E-state index in [1.54, 1.807) is 6.92 Å². The maximum Gasteiger partial charge on any atom is 0.270 e. The number of anilines is 1. The molecule has 1 saturated heterocycles. The number of nitro groups is 1. The number of carbonyl (C=O) groups excluding carboxylic acids is 1. The number of amides is 1. The van der Waals surface area contributed by atoms with E-state index in [0.717, 1.165) is 25.3 Å². The van der Waals surface area contributed by atoms with Crippen LogP contribution in [0.5, 0.6) is 5.75 Å². The van der Waals surface area contributed by atoms with Gasteiger partial charge >= 0.3 is 0 Å². The Morgan fingerprint density at radius 2 is 1.90 bits per heavy atom. The van der Waals surface area contributed by atoms with Crippen LogP contribution in [0.15, 0.2) is 47.4 Å². The second-order valence-corrected chi connectivity index (χ2v) is 8.76. The first-order chi connectivity index (χ1) is 14.3. The molecule has 0 unspecified atom stereocenters. The van der Waals surface area contributed by atoms with Gasteiger partial charge in [-0.05, 0) is 44.0 Å². The standard InChI is InChI=1S/C20H23N3O6S/c1-2-29-19-10-9-17(30(27,28)22-11-4-3-5-12-22)14-18(19)21-20(24)15-7-6-8-16(13-15)23(25)26/h6-10,13-14H,2-5,11-12H2,1H3,(H,21,24). The van der Waals surface area contributed by atoms with Crippen molar-refractivity contribution in [3.63, 3.8) is 0 Å². The summed E-state index contributed by atoms with van der Waals surface area (Å²) in [5.41, 5.74) is 0.0523. The summed E-state index contributed by atoms with van der Waals surface area (Å²) < 4.78 is 32.9. The summed E-state index contributed by atoms with van der Waals surface area (Å²) >= 11 is 0. The van der Waals surface area contributed by atoms with E-state index in [9.17, 15) is 23.3 Å². The van der Waals surface area contributed by atoms with Crippen molar-refractivity contribution in [2.75, 3.05) is 25.0 Å². The van der Waals surface area contributed by atoms with Crippen LogP contribution in [-0.2, 0) is 10.0 Å². The average Bonchev–Trinajstić information content (AvgIpc) is 2.75. The number of benzene rings is 2. The van der Waals surface area contributed by atoms with Crippen molar-refractivity contribution in [1.82, 2.24) is 4.31 Å². The molecule has 1 heterocycles. The highest BCUT2D eigenvalue weighted by atomic mass is 32.2. The van der Waals surface area contributed by atoms with E-state index in [0.29, 0.717) is 25.4 Å². The van der Waals surface area contributed by atoms with Gasteiger partial charge in [0.2, 0.25) is 10.0 Å². The molecule has 1 aliphatic rings. The summed E-state index contributed by atoms with van der Waals surface area (Å²) in [4.78, 5) is 23.1. The van der Waals surface area contributed by atoms with Gasteiger partial charge in [0.15, 0.2) is 0 Å². The minimum Gasteiger partial charge on any atom is -0.492 e. The van der Waals surface area contributed by atoms with Crippen LogP contribution in [0.25, 0.3) is 0 Å². The van der Waals surface area contributed by atoms with Crippen LogP contribution in [0.4, 0.5) is 11.4 Å². The molecule has 9 nitrogen and oxygen atoms in total. The van der Waals surface area contributed by atoms with E-state index in [1.807, 2.05) is 0 Å². The molecule has 1 aliphatic heterocycles. The molecule has 1 amide bonds. The number of nitrogens with one attached hydrogen (secondary N) is 1. The number of nitrogens with zero attached hydrogens (tertiary/aromatic N) is 2. The van der Waals surface area contributed by atoms with Gasteiger partial charge in [-0.2, -0.15) is 4.31 Å². The molecule has 0 bridgehead atoms. The first-order valence-electron chi connectivity index (χ1n) is 9.65. The molecule has 0 radical (unpaired) electrons. The number of sulfonamides is 1. The monoisotopic (exact) mass is 433 g/mol. The Hall–Kier alpha value is -2.98. The van der Waals surface area contributed by atoms with Crippen LogP contribution < -0.4 is 10.1 Å². The van der Waals surface area contributed by atoms with E-state index in [-0.39, 0.29) is 21.8 Å². The molecule has 3 rings (SSSR count). The van der Waals surface area contributed by atoms with Crippen molar-refractivity contribution < 1.29 is 22.9 Å². The van der Waals surface area contributed by atoms with Crippen LogP contribution in [0, 0.1) is 10.1 Å². The van der Waals surface area contributed by atoms with Crippen molar-refractivity contribution in [3.05, 3.63) is 58.1 Å². The lowest BCUT2D eigenvalue weighted by Gasteiger charge is -2.26. The Kier molecular flexibility index (Phi) is 6.68. The van der Waals surface area contributed by atoms with Gasteiger partial charge in [-0.25, -0.2) is 8.42 Å². The maximum absolute atomic E-state index is 13.0. The average molecular weight is 433 g/mol. The van der Waals surface area contributed by atoms with Crippen molar-refractivity contribution in [2.24, 2.45) is 0 Å². The second kappa shape index (κ2) is 9.23. The summed E-state index contributed by atoms with van der Waals surface area (Å²) in [7, 11) is -3.70. The fourth-order valence-electron chi connectivity index (χ4n) is 3.26. The Labute approximate surface area is 174 Å². The topological polar surface area (TPSA) is 119 Å². The molecule has 0 aliphatic carbocycles. The molecule has 160 valence electrons. The lowest BCUT2D eigenvalue weighted by Crippen LogP contribution is -2.35. The van der Waals surface area contributed by atoms with E-state index in [4.69, 9.17) is 4.74 Å². The number of non-ortho nitro benzene ring substituents is 1. The number of piperidine rings is 1. The zero-order chi connectivity index (χ0) is 21.7. The lowest BCUT2D eigenvalue weighted by atomic mass is 10.2. The number of carbonyl (C=O) groups is 1. The number of hydrogen-bond donors (Lipinski definition) is 1. The Morgan fingerprint density at radius 3 is 2.57 bits per heavy atom. The Bertz CT molecular complexity index is 1050. The quantitative estimate of drug-likeness (QED) is 0.528. The molecule has 0 saturated carbocycles. The molecular weight excluding hydrogens is 410 g/mol. The van der Waals surface area contributed by atoms with Gasteiger partial charge in [0.05, 0.1) is 22.1 Å². The van der Waals surface area contributed by atoms with Crippen molar-refractivity contribution in [3.8, 4) is 5.75 Å². The molecule has 2 aromatic carbocycles. The SMILES string of the molecule is CCOc1ccc(S(=O)(=O)N2CCCCC2)cc1NC(=O)c1cccc([N+](=O)[O-])c1. The first kappa shape index (κ1) is 21.7. The summed E-state index contributed by atoms with van der Waals surface area (Å²) in [6.45, 7) is 3.01. The van der Waals surface area contributed by atoms with Crippen molar-refractivity contribution in [1.29, 1.82) is 0 Å². The minimum absolute atomic E-state index is 0.0576. The van der Waals surface area contributed by atoms with Crippen LogP contribution in [-0.4, -0.2) is 43.2 Å². The lowest BCUT2D eigenvalue weighted by molar-refractivity contribution is -0.384. The number of ether oxygens (including phenoxy) is 1. The Balaban J connectivity index is 1.92. The third kappa shape index (κ3) is 4.77.